The van der Waals surface area contributed by atoms with Crippen molar-refractivity contribution in [2.24, 2.45) is 0 Å². The lowest BCUT2D eigenvalue weighted by Gasteiger charge is -1.86. The molecule has 0 bridgehead atoms. The number of thiocarbonyl (C=S) groups is 2. The SMILES string of the molecule is S=C(S)CC(=S)S. The molecule has 0 saturated heterocycles. The Balaban J connectivity index is 3.32. The average Bonchev–Trinajstić information content (AvgIpc) is 1.27. The van der Waals surface area contributed by atoms with E-state index in [-0.39, 0.29) is 0 Å². The molecule has 0 aromatic rings. The summed E-state index contributed by atoms with van der Waals surface area (Å²) < 4.78 is 1.19. The molecule has 0 aliphatic rings. The quantitative estimate of drug-likeness (QED) is 0.477. The Kier molecular flexibility index (Phi) is 4.31. The Bertz CT molecular complexity index is 83.1. The Labute approximate surface area is 64.5 Å². The van der Waals surface area contributed by atoms with Crippen molar-refractivity contribution < 1.29 is 0 Å². The zero-order valence-corrected chi connectivity index (χ0v) is 6.84. The molecule has 0 radical (unpaired) electrons. The fourth-order valence-corrected chi connectivity index (χ4v) is 1.16. The minimum atomic E-state index is 0.552. The lowest BCUT2D eigenvalue weighted by molar-refractivity contribution is 1.82. The van der Waals surface area contributed by atoms with Crippen LogP contribution in [0.3, 0.4) is 0 Å². The predicted octanol–water partition coefficient (Wildman–Crippen LogP) is 1.89. The molecule has 0 unspecified atom stereocenters. The maximum atomic E-state index is 4.60. The molecular weight excluding hydrogens is 164 g/mol. The van der Waals surface area contributed by atoms with Crippen LogP contribution in [0.1, 0.15) is 6.42 Å². The highest BCUT2D eigenvalue weighted by Gasteiger charge is 1.88. The Morgan fingerprint density at radius 1 is 1.14 bits per heavy atom. The van der Waals surface area contributed by atoms with Gasteiger partial charge >= 0.3 is 0 Å². The number of thiol groups is 2. The summed E-state index contributed by atoms with van der Waals surface area (Å²) in [6.07, 6.45) is 0.552. The van der Waals surface area contributed by atoms with Gasteiger partial charge in [0.05, 0.1) is 8.39 Å². The van der Waals surface area contributed by atoms with Crippen molar-refractivity contribution in [2.75, 3.05) is 0 Å². The van der Waals surface area contributed by atoms with E-state index in [0.29, 0.717) is 14.8 Å². The van der Waals surface area contributed by atoms with E-state index >= 15 is 0 Å². The lowest BCUT2D eigenvalue weighted by Crippen LogP contribution is -1.87. The summed E-state index contributed by atoms with van der Waals surface area (Å²) >= 11 is 16.9. The molecule has 4 heteroatoms. The molecule has 40 valence electrons. The van der Waals surface area contributed by atoms with E-state index in [4.69, 9.17) is 0 Å². The molecule has 0 aromatic carbocycles. The summed E-state index contributed by atoms with van der Waals surface area (Å²) in [5.74, 6) is 0. The second-order valence-corrected chi connectivity index (χ2v) is 3.63. The fraction of sp³-hybridized carbons (Fsp3) is 0.333. The number of hydrogen-bond donors (Lipinski definition) is 2. The molecule has 0 rings (SSSR count). The van der Waals surface area contributed by atoms with Crippen LogP contribution in [0.15, 0.2) is 0 Å². The van der Waals surface area contributed by atoms with Gasteiger partial charge in [-0.05, 0) is 0 Å². The second-order valence-electron chi connectivity index (χ2n) is 0.964. The first-order chi connectivity index (χ1) is 3.13. The van der Waals surface area contributed by atoms with Gasteiger partial charge < -0.3 is 0 Å². The molecule has 0 amide bonds. The minimum Gasteiger partial charge on any atom is -0.136 e. The van der Waals surface area contributed by atoms with Gasteiger partial charge in [0.15, 0.2) is 0 Å². The molecule has 0 spiro atoms. The van der Waals surface area contributed by atoms with Crippen molar-refractivity contribution >= 4 is 58.1 Å². The first-order valence-corrected chi connectivity index (χ1v) is 3.27. The number of rotatable bonds is 2. The molecular formula is C3H4S4. The summed E-state index contributed by atoms with van der Waals surface area (Å²) in [7, 11) is 0. The zero-order chi connectivity index (χ0) is 5.86. The molecule has 0 aliphatic heterocycles. The van der Waals surface area contributed by atoms with Gasteiger partial charge in [-0.25, -0.2) is 0 Å². The van der Waals surface area contributed by atoms with Gasteiger partial charge in [-0.15, -0.1) is 25.3 Å². The summed E-state index contributed by atoms with van der Waals surface area (Å²) in [6.45, 7) is 0. The first kappa shape index (κ1) is 7.88. The van der Waals surface area contributed by atoms with Gasteiger partial charge in [0.2, 0.25) is 0 Å². The molecule has 0 atom stereocenters. The van der Waals surface area contributed by atoms with E-state index < -0.39 is 0 Å². The predicted molar refractivity (Wildman–Crippen MR) is 47.8 cm³/mol. The minimum absolute atomic E-state index is 0.552. The topological polar surface area (TPSA) is 0 Å². The van der Waals surface area contributed by atoms with E-state index in [0.717, 1.165) is 0 Å². The van der Waals surface area contributed by atoms with Gasteiger partial charge in [0.1, 0.15) is 0 Å². The van der Waals surface area contributed by atoms with E-state index in [9.17, 15) is 0 Å². The molecule has 0 fully saturated rings. The van der Waals surface area contributed by atoms with E-state index in [1.54, 1.807) is 0 Å². The molecule has 0 N–H and O–H groups in total. The molecule has 0 heterocycles. The van der Waals surface area contributed by atoms with Crippen molar-refractivity contribution in [1.29, 1.82) is 0 Å². The van der Waals surface area contributed by atoms with Crippen LogP contribution in [0.4, 0.5) is 0 Å². The highest BCUT2D eigenvalue weighted by Crippen LogP contribution is 1.97. The van der Waals surface area contributed by atoms with Crippen LogP contribution < -0.4 is 0 Å². The second kappa shape index (κ2) is 3.83. The highest BCUT2D eigenvalue weighted by molar-refractivity contribution is 8.14. The molecule has 0 saturated carbocycles. The highest BCUT2D eigenvalue weighted by atomic mass is 32.1. The van der Waals surface area contributed by atoms with Gasteiger partial charge in [0, 0.05) is 6.42 Å². The van der Waals surface area contributed by atoms with Crippen molar-refractivity contribution in [3.8, 4) is 0 Å². The molecule has 0 aliphatic carbocycles. The van der Waals surface area contributed by atoms with E-state index in [2.05, 4.69) is 49.7 Å². The maximum Gasteiger partial charge on any atom is 0.0505 e. The molecule has 0 nitrogen and oxygen atoms in total. The van der Waals surface area contributed by atoms with Crippen LogP contribution in [0, 0.1) is 0 Å². The van der Waals surface area contributed by atoms with Gasteiger partial charge in [-0.3, -0.25) is 0 Å². The van der Waals surface area contributed by atoms with E-state index in [1.165, 1.54) is 0 Å². The summed E-state index contributed by atoms with van der Waals surface area (Å²) in [6, 6.07) is 0. The largest absolute Gasteiger partial charge is 0.136 e. The maximum absolute atomic E-state index is 4.60. The van der Waals surface area contributed by atoms with Gasteiger partial charge in [-0.2, -0.15) is 0 Å². The summed E-state index contributed by atoms with van der Waals surface area (Å²) in [5, 5.41) is 0. The van der Waals surface area contributed by atoms with Crippen LogP contribution in [-0.4, -0.2) is 8.39 Å². The lowest BCUT2D eigenvalue weighted by atomic mass is 10.6. The fourth-order valence-electron chi connectivity index (χ4n) is 0.129. The monoisotopic (exact) mass is 168 g/mol. The average molecular weight is 168 g/mol. The van der Waals surface area contributed by atoms with Crippen molar-refractivity contribution in [2.45, 2.75) is 6.42 Å². The van der Waals surface area contributed by atoms with Crippen molar-refractivity contribution in [3.05, 3.63) is 0 Å². The normalized spacial score (nSPS) is 8.29. The molecule has 0 aromatic heterocycles. The Morgan fingerprint density at radius 3 is 1.43 bits per heavy atom. The Hall–Kier alpha value is 0.880. The first-order valence-electron chi connectivity index (χ1n) is 1.56. The van der Waals surface area contributed by atoms with Crippen LogP contribution in [-0.2, 0) is 0 Å². The van der Waals surface area contributed by atoms with Crippen LogP contribution in [0.25, 0.3) is 0 Å². The van der Waals surface area contributed by atoms with Gasteiger partial charge in [0.25, 0.3) is 0 Å². The summed E-state index contributed by atoms with van der Waals surface area (Å²) in [4.78, 5) is 0. The smallest absolute Gasteiger partial charge is 0.0505 e. The third-order valence-electron chi connectivity index (χ3n) is 0.302. The Morgan fingerprint density at radius 2 is 1.43 bits per heavy atom. The summed E-state index contributed by atoms with van der Waals surface area (Å²) in [5.41, 5.74) is 0. The van der Waals surface area contributed by atoms with Crippen LogP contribution >= 0.6 is 49.7 Å². The van der Waals surface area contributed by atoms with Gasteiger partial charge in [-0.1, -0.05) is 24.4 Å². The van der Waals surface area contributed by atoms with E-state index in [1.807, 2.05) is 0 Å². The third-order valence-corrected chi connectivity index (χ3v) is 0.907. The zero-order valence-electron chi connectivity index (χ0n) is 3.42. The van der Waals surface area contributed by atoms with Crippen LogP contribution in [0.5, 0.6) is 0 Å². The van der Waals surface area contributed by atoms with Crippen molar-refractivity contribution in [3.63, 3.8) is 0 Å². The van der Waals surface area contributed by atoms with Crippen molar-refractivity contribution in [1.82, 2.24) is 0 Å². The standard InChI is InChI=1S/C3H4S4/c4-2(5)1-3(6)7/h1H2,(H,4,5)(H,6,7). The molecule has 7 heavy (non-hydrogen) atoms. The van der Waals surface area contributed by atoms with Crippen LogP contribution in [0.2, 0.25) is 0 Å². The third kappa shape index (κ3) is 6.88. The number of hydrogen-bond acceptors (Lipinski definition) is 2.